The molecule has 0 aromatic heterocycles. The Balaban J connectivity index is 1.97. The number of benzene rings is 1. The van der Waals surface area contributed by atoms with Gasteiger partial charge in [0.1, 0.15) is 0 Å². The van der Waals surface area contributed by atoms with Gasteiger partial charge in [-0.1, -0.05) is 17.7 Å². The van der Waals surface area contributed by atoms with Crippen molar-refractivity contribution < 1.29 is 16.8 Å². The lowest BCUT2D eigenvalue weighted by Crippen LogP contribution is -2.45. The average Bonchev–Trinajstić information content (AvgIpc) is 3.06. The molecule has 2 aliphatic heterocycles. The minimum atomic E-state index is -3.63. The van der Waals surface area contributed by atoms with E-state index in [2.05, 4.69) is 0 Å². The van der Waals surface area contributed by atoms with E-state index in [-0.39, 0.29) is 16.4 Å². The van der Waals surface area contributed by atoms with Gasteiger partial charge in [-0.3, -0.25) is 4.90 Å². The van der Waals surface area contributed by atoms with Crippen LogP contribution in [-0.2, 0) is 19.7 Å². The predicted molar refractivity (Wildman–Crippen MR) is 85.4 cm³/mol. The molecule has 22 heavy (non-hydrogen) atoms. The SMILES string of the molecule is Cc1ccc(S(=O)(=O)[C@H]2CS(=O)(=O)C[C@@H]2N2CCCC2)cc1. The Morgan fingerprint density at radius 2 is 1.64 bits per heavy atom. The number of aryl methyl sites for hydroxylation is 1. The van der Waals surface area contributed by atoms with E-state index in [1.54, 1.807) is 24.3 Å². The molecule has 0 spiro atoms. The summed E-state index contributed by atoms with van der Waals surface area (Å²) in [6, 6.07) is 6.26. The molecule has 0 N–H and O–H groups in total. The van der Waals surface area contributed by atoms with Crippen molar-refractivity contribution in [3.05, 3.63) is 29.8 Å². The lowest BCUT2D eigenvalue weighted by atomic mass is 10.2. The van der Waals surface area contributed by atoms with Gasteiger partial charge in [-0.25, -0.2) is 16.8 Å². The molecule has 2 atom stereocenters. The fourth-order valence-electron chi connectivity index (χ4n) is 3.41. The van der Waals surface area contributed by atoms with Crippen LogP contribution in [0.4, 0.5) is 0 Å². The van der Waals surface area contributed by atoms with Crippen molar-refractivity contribution in [1.29, 1.82) is 0 Å². The first kappa shape index (κ1) is 16.0. The molecule has 7 heteroatoms. The third-order valence-electron chi connectivity index (χ3n) is 4.63. The molecular weight excluding hydrogens is 322 g/mol. The molecule has 0 saturated carbocycles. The first-order chi connectivity index (χ1) is 10.3. The minimum absolute atomic E-state index is 0.0389. The number of hydrogen-bond acceptors (Lipinski definition) is 5. The summed E-state index contributed by atoms with van der Waals surface area (Å²) >= 11 is 0. The summed E-state index contributed by atoms with van der Waals surface area (Å²) in [6.45, 7) is 3.48. The summed E-state index contributed by atoms with van der Waals surface area (Å²) in [5.41, 5.74) is 0.981. The topological polar surface area (TPSA) is 71.5 Å². The van der Waals surface area contributed by atoms with Crippen LogP contribution in [-0.4, -0.2) is 57.6 Å². The normalized spacial score (nSPS) is 29.0. The largest absolute Gasteiger partial charge is 0.298 e. The Labute approximate surface area is 132 Å². The molecule has 0 radical (unpaired) electrons. The second kappa shape index (κ2) is 5.62. The van der Waals surface area contributed by atoms with Gasteiger partial charge < -0.3 is 0 Å². The van der Waals surface area contributed by atoms with E-state index >= 15 is 0 Å². The van der Waals surface area contributed by atoms with Crippen LogP contribution in [0.2, 0.25) is 0 Å². The zero-order valence-corrected chi connectivity index (χ0v) is 14.2. The number of rotatable bonds is 3. The van der Waals surface area contributed by atoms with Gasteiger partial charge in [-0.15, -0.1) is 0 Å². The Kier molecular flexibility index (Phi) is 4.07. The zero-order chi connectivity index (χ0) is 16.0. The Hall–Kier alpha value is -0.920. The van der Waals surface area contributed by atoms with Crippen LogP contribution < -0.4 is 0 Å². The molecule has 2 fully saturated rings. The number of likely N-dealkylation sites (tertiary alicyclic amines) is 1. The standard InChI is InChI=1S/C15H21NO4S2/c1-12-4-6-13(7-5-12)22(19,20)15-11-21(17,18)10-14(15)16-8-2-3-9-16/h4-7,14-15H,2-3,8-11H2,1H3/t14-,15-/m0/s1. The molecule has 1 aromatic carbocycles. The Morgan fingerprint density at radius 1 is 1.05 bits per heavy atom. The van der Waals surface area contributed by atoms with Crippen molar-refractivity contribution in [2.45, 2.75) is 36.0 Å². The molecule has 2 aliphatic rings. The first-order valence-electron chi connectivity index (χ1n) is 7.55. The van der Waals surface area contributed by atoms with E-state index in [0.717, 1.165) is 31.5 Å². The van der Waals surface area contributed by atoms with Crippen molar-refractivity contribution in [1.82, 2.24) is 4.90 Å². The van der Waals surface area contributed by atoms with Crippen LogP contribution in [0.1, 0.15) is 18.4 Å². The van der Waals surface area contributed by atoms with Gasteiger partial charge in [0, 0.05) is 6.04 Å². The highest BCUT2D eigenvalue weighted by molar-refractivity contribution is 7.96. The van der Waals surface area contributed by atoms with Crippen molar-refractivity contribution >= 4 is 19.7 Å². The lowest BCUT2D eigenvalue weighted by Gasteiger charge is -2.27. The highest BCUT2D eigenvalue weighted by Crippen LogP contribution is 2.30. The van der Waals surface area contributed by atoms with E-state index in [1.165, 1.54) is 0 Å². The van der Waals surface area contributed by atoms with Crippen LogP contribution in [0.5, 0.6) is 0 Å². The summed E-state index contributed by atoms with van der Waals surface area (Å²) in [5.74, 6) is -0.298. The van der Waals surface area contributed by atoms with Crippen LogP contribution in [0.15, 0.2) is 29.2 Å². The molecule has 122 valence electrons. The number of nitrogens with zero attached hydrogens (tertiary/aromatic N) is 1. The van der Waals surface area contributed by atoms with Gasteiger partial charge >= 0.3 is 0 Å². The van der Waals surface area contributed by atoms with Crippen LogP contribution in [0.25, 0.3) is 0 Å². The van der Waals surface area contributed by atoms with E-state index in [1.807, 2.05) is 11.8 Å². The lowest BCUT2D eigenvalue weighted by molar-refractivity contribution is 0.264. The summed E-state index contributed by atoms with van der Waals surface area (Å²) in [7, 11) is -6.94. The van der Waals surface area contributed by atoms with Crippen molar-refractivity contribution in [2.24, 2.45) is 0 Å². The highest BCUT2D eigenvalue weighted by atomic mass is 32.2. The molecule has 0 amide bonds. The third kappa shape index (κ3) is 2.94. The maximum Gasteiger partial charge on any atom is 0.183 e. The third-order valence-corrected chi connectivity index (χ3v) is 8.76. The smallest absolute Gasteiger partial charge is 0.183 e. The molecule has 0 unspecified atom stereocenters. The molecule has 0 bridgehead atoms. The van der Waals surface area contributed by atoms with Gasteiger partial charge in [0.15, 0.2) is 19.7 Å². The van der Waals surface area contributed by atoms with E-state index in [9.17, 15) is 16.8 Å². The van der Waals surface area contributed by atoms with Crippen molar-refractivity contribution in [2.75, 3.05) is 24.6 Å². The van der Waals surface area contributed by atoms with Crippen molar-refractivity contribution in [3.63, 3.8) is 0 Å². The molecule has 2 heterocycles. The van der Waals surface area contributed by atoms with Crippen LogP contribution in [0, 0.1) is 6.92 Å². The molecule has 1 aromatic rings. The second-order valence-corrected chi connectivity index (χ2v) is 10.6. The van der Waals surface area contributed by atoms with Gasteiger partial charge in [-0.05, 0) is 45.0 Å². The zero-order valence-electron chi connectivity index (χ0n) is 12.6. The summed E-state index contributed by atoms with van der Waals surface area (Å²) < 4.78 is 49.9. The molecule has 2 saturated heterocycles. The monoisotopic (exact) mass is 343 g/mol. The van der Waals surface area contributed by atoms with E-state index in [4.69, 9.17) is 0 Å². The number of hydrogen-bond donors (Lipinski definition) is 0. The summed E-state index contributed by atoms with van der Waals surface area (Å²) in [6.07, 6.45) is 2.02. The Bertz CT molecular complexity index is 747. The second-order valence-electron chi connectivity index (χ2n) is 6.28. The minimum Gasteiger partial charge on any atom is -0.298 e. The van der Waals surface area contributed by atoms with E-state index in [0.29, 0.717) is 0 Å². The first-order valence-corrected chi connectivity index (χ1v) is 10.9. The van der Waals surface area contributed by atoms with Crippen molar-refractivity contribution in [3.8, 4) is 0 Å². The van der Waals surface area contributed by atoms with Gasteiger partial charge in [0.25, 0.3) is 0 Å². The Morgan fingerprint density at radius 3 is 2.23 bits per heavy atom. The predicted octanol–water partition coefficient (Wildman–Crippen LogP) is 1.03. The fourth-order valence-corrected chi connectivity index (χ4v) is 8.24. The number of sulfone groups is 2. The van der Waals surface area contributed by atoms with E-state index < -0.39 is 31.0 Å². The quantitative estimate of drug-likeness (QED) is 0.820. The average molecular weight is 343 g/mol. The maximum atomic E-state index is 12.9. The van der Waals surface area contributed by atoms with Crippen LogP contribution >= 0.6 is 0 Å². The maximum absolute atomic E-state index is 12.9. The summed E-state index contributed by atoms with van der Waals surface area (Å²) in [5, 5.41) is -0.849. The molecule has 5 nitrogen and oxygen atoms in total. The molecular formula is C15H21NO4S2. The van der Waals surface area contributed by atoms with Gasteiger partial charge in [-0.2, -0.15) is 0 Å². The van der Waals surface area contributed by atoms with Gasteiger partial charge in [0.05, 0.1) is 21.7 Å². The fraction of sp³-hybridized carbons (Fsp3) is 0.600. The summed E-state index contributed by atoms with van der Waals surface area (Å²) in [4.78, 5) is 2.27. The van der Waals surface area contributed by atoms with Crippen LogP contribution in [0.3, 0.4) is 0 Å². The molecule has 0 aliphatic carbocycles. The molecule has 3 rings (SSSR count). The highest BCUT2D eigenvalue weighted by Gasteiger charge is 2.48. The van der Waals surface area contributed by atoms with Gasteiger partial charge in [0.2, 0.25) is 0 Å².